The van der Waals surface area contributed by atoms with E-state index in [1.807, 2.05) is 16.8 Å². The van der Waals surface area contributed by atoms with Crippen LogP contribution in [0.5, 0.6) is 0 Å². The molecule has 0 amide bonds. The van der Waals surface area contributed by atoms with E-state index in [2.05, 4.69) is 11.4 Å². The Labute approximate surface area is 81.6 Å². The van der Waals surface area contributed by atoms with E-state index in [-0.39, 0.29) is 12.6 Å². The molecule has 1 aromatic heterocycles. The molecule has 0 aromatic carbocycles. The van der Waals surface area contributed by atoms with Crippen molar-refractivity contribution < 1.29 is 5.11 Å². The number of nitrogens with zero attached hydrogens (tertiary/aromatic N) is 1. The van der Waals surface area contributed by atoms with Gasteiger partial charge < -0.3 is 5.11 Å². The predicted octanol–water partition coefficient (Wildman–Crippen LogP) is 1.28. The van der Waals surface area contributed by atoms with Crippen LogP contribution in [-0.4, -0.2) is 18.3 Å². The van der Waals surface area contributed by atoms with Gasteiger partial charge in [0, 0.05) is 6.61 Å². The monoisotopic (exact) mass is 196 g/mol. The third kappa shape index (κ3) is 3.15. The van der Waals surface area contributed by atoms with E-state index in [1.54, 1.807) is 11.3 Å². The molecule has 0 spiro atoms. The molecule has 2 N–H and O–H groups in total. The minimum absolute atomic E-state index is 0.161. The quantitative estimate of drug-likeness (QED) is 0.698. The van der Waals surface area contributed by atoms with E-state index in [0.29, 0.717) is 13.0 Å². The van der Waals surface area contributed by atoms with Gasteiger partial charge in [-0.1, -0.05) is 0 Å². The van der Waals surface area contributed by atoms with Gasteiger partial charge in [-0.05, 0) is 35.4 Å². The third-order valence-corrected chi connectivity index (χ3v) is 2.39. The molecule has 1 aromatic rings. The summed E-state index contributed by atoms with van der Waals surface area (Å²) in [4.78, 5) is 0. The highest BCUT2D eigenvalue weighted by Crippen LogP contribution is 2.15. The molecule has 0 saturated heterocycles. The van der Waals surface area contributed by atoms with Crippen LogP contribution >= 0.6 is 11.3 Å². The van der Waals surface area contributed by atoms with Crippen molar-refractivity contribution >= 4 is 11.3 Å². The molecule has 0 aliphatic carbocycles. The molecule has 0 aliphatic heterocycles. The van der Waals surface area contributed by atoms with Crippen LogP contribution in [0, 0.1) is 11.3 Å². The minimum atomic E-state index is -0.238. The van der Waals surface area contributed by atoms with Gasteiger partial charge in [0.15, 0.2) is 0 Å². The molecular formula is C9H12N2OS. The Morgan fingerprint density at radius 2 is 2.54 bits per heavy atom. The van der Waals surface area contributed by atoms with Gasteiger partial charge in [-0.25, -0.2) is 0 Å². The number of aliphatic hydroxyl groups is 1. The predicted molar refractivity (Wildman–Crippen MR) is 52.4 cm³/mol. The maximum absolute atomic E-state index is 8.83. The molecule has 0 bridgehead atoms. The van der Waals surface area contributed by atoms with Crippen molar-refractivity contribution in [3.05, 3.63) is 22.4 Å². The Bertz CT molecular complexity index is 266. The molecule has 1 heterocycles. The summed E-state index contributed by atoms with van der Waals surface area (Å²) in [5.41, 5.74) is 1.01. The van der Waals surface area contributed by atoms with E-state index >= 15 is 0 Å². The molecule has 1 rings (SSSR count). The number of rotatable bonds is 5. The van der Waals surface area contributed by atoms with Gasteiger partial charge in [-0.3, -0.25) is 5.32 Å². The topological polar surface area (TPSA) is 56.0 Å². The zero-order chi connectivity index (χ0) is 9.52. The number of thiophene rings is 1. The second kappa shape index (κ2) is 5.70. The van der Waals surface area contributed by atoms with Crippen LogP contribution in [0.2, 0.25) is 0 Å². The maximum Gasteiger partial charge on any atom is 0.122 e. The zero-order valence-corrected chi connectivity index (χ0v) is 8.05. The Hall–Kier alpha value is -0.890. The highest BCUT2D eigenvalue weighted by molar-refractivity contribution is 7.07. The third-order valence-electron chi connectivity index (χ3n) is 1.69. The van der Waals surface area contributed by atoms with Crippen molar-refractivity contribution in [2.24, 2.45) is 0 Å². The van der Waals surface area contributed by atoms with Crippen LogP contribution < -0.4 is 5.32 Å². The molecule has 70 valence electrons. The fourth-order valence-electron chi connectivity index (χ4n) is 1.00. The van der Waals surface area contributed by atoms with Gasteiger partial charge >= 0.3 is 0 Å². The molecule has 4 heteroatoms. The van der Waals surface area contributed by atoms with E-state index in [9.17, 15) is 0 Å². The van der Waals surface area contributed by atoms with E-state index < -0.39 is 0 Å². The van der Waals surface area contributed by atoms with Crippen LogP contribution in [0.4, 0.5) is 0 Å². The van der Waals surface area contributed by atoms with Crippen LogP contribution in [0.15, 0.2) is 16.8 Å². The molecule has 1 atom stereocenters. The van der Waals surface area contributed by atoms with Crippen molar-refractivity contribution in [3.8, 4) is 6.07 Å². The fraction of sp³-hybridized carbons (Fsp3) is 0.444. The number of nitriles is 1. The molecule has 0 saturated carbocycles. The Morgan fingerprint density at radius 3 is 3.08 bits per heavy atom. The average molecular weight is 196 g/mol. The first-order chi connectivity index (χ1) is 6.38. The largest absolute Gasteiger partial charge is 0.396 e. The molecular weight excluding hydrogens is 184 g/mol. The first kappa shape index (κ1) is 10.2. The summed E-state index contributed by atoms with van der Waals surface area (Å²) in [5, 5.41) is 24.4. The van der Waals surface area contributed by atoms with Gasteiger partial charge in [0.1, 0.15) is 6.04 Å². The van der Waals surface area contributed by atoms with Crippen molar-refractivity contribution in [2.75, 3.05) is 13.2 Å². The summed E-state index contributed by atoms with van der Waals surface area (Å²) >= 11 is 1.58. The lowest BCUT2D eigenvalue weighted by Gasteiger charge is -2.08. The van der Waals surface area contributed by atoms with Gasteiger partial charge in [0.05, 0.1) is 6.07 Å². The summed E-state index contributed by atoms with van der Waals surface area (Å²) in [6.45, 7) is 0.833. The average Bonchev–Trinajstić information content (AvgIpc) is 2.65. The first-order valence-electron chi connectivity index (χ1n) is 4.14. The summed E-state index contributed by atoms with van der Waals surface area (Å²) in [6, 6.07) is 3.87. The number of nitrogens with one attached hydrogen (secondary N) is 1. The SMILES string of the molecule is N#CC(NCCCO)c1ccsc1. The first-order valence-corrected chi connectivity index (χ1v) is 5.08. The molecule has 3 nitrogen and oxygen atoms in total. The lowest BCUT2D eigenvalue weighted by Crippen LogP contribution is -2.21. The van der Waals surface area contributed by atoms with Gasteiger partial charge in [0.2, 0.25) is 0 Å². The van der Waals surface area contributed by atoms with Crippen molar-refractivity contribution in [1.82, 2.24) is 5.32 Å². The van der Waals surface area contributed by atoms with E-state index in [4.69, 9.17) is 10.4 Å². The van der Waals surface area contributed by atoms with Gasteiger partial charge in [-0.2, -0.15) is 16.6 Å². The van der Waals surface area contributed by atoms with Crippen LogP contribution in [0.3, 0.4) is 0 Å². The number of hydrogen-bond donors (Lipinski definition) is 2. The smallest absolute Gasteiger partial charge is 0.122 e. The normalized spacial score (nSPS) is 12.3. The maximum atomic E-state index is 8.83. The second-order valence-electron chi connectivity index (χ2n) is 2.65. The fourth-order valence-corrected chi connectivity index (χ4v) is 1.69. The van der Waals surface area contributed by atoms with Crippen LogP contribution in [0.25, 0.3) is 0 Å². The van der Waals surface area contributed by atoms with Gasteiger partial charge in [0.25, 0.3) is 0 Å². The Balaban J connectivity index is 2.41. The highest BCUT2D eigenvalue weighted by Gasteiger charge is 2.08. The molecule has 13 heavy (non-hydrogen) atoms. The van der Waals surface area contributed by atoms with Crippen molar-refractivity contribution in [1.29, 1.82) is 5.26 Å². The van der Waals surface area contributed by atoms with E-state index in [0.717, 1.165) is 5.56 Å². The minimum Gasteiger partial charge on any atom is -0.396 e. The summed E-state index contributed by atoms with van der Waals surface area (Å²) in [5.74, 6) is 0. The van der Waals surface area contributed by atoms with Crippen molar-refractivity contribution in [2.45, 2.75) is 12.5 Å². The summed E-state index contributed by atoms with van der Waals surface area (Å²) in [7, 11) is 0. The van der Waals surface area contributed by atoms with Crippen LogP contribution in [-0.2, 0) is 0 Å². The number of hydrogen-bond acceptors (Lipinski definition) is 4. The number of aliphatic hydroxyl groups excluding tert-OH is 1. The molecule has 1 unspecified atom stereocenters. The lowest BCUT2D eigenvalue weighted by molar-refractivity contribution is 0.285. The summed E-state index contributed by atoms with van der Waals surface area (Å²) < 4.78 is 0. The molecule has 0 radical (unpaired) electrons. The second-order valence-corrected chi connectivity index (χ2v) is 3.43. The summed E-state index contributed by atoms with van der Waals surface area (Å²) in [6.07, 6.45) is 0.683. The van der Waals surface area contributed by atoms with Gasteiger partial charge in [-0.15, -0.1) is 0 Å². The lowest BCUT2D eigenvalue weighted by atomic mass is 10.2. The van der Waals surface area contributed by atoms with E-state index in [1.165, 1.54) is 0 Å². The highest BCUT2D eigenvalue weighted by atomic mass is 32.1. The molecule has 0 fully saturated rings. The zero-order valence-electron chi connectivity index (χ0n) is 7.23. The van der Waals surface area contributed by atoms with Crippen molar-refractivity contribution in [3.63, 3.8) is 0 Å². The Kier molecular flexibility index (Phi) is 4.47. The Morgan fingerprint density at radius 1 is 1.69 bits per heavy atom. The van der Waals surface area contributed by atoms with Crippen LogP contribution in [0.1, 0.15) is 18.0 Å². The molecule has 0 aliphatic rings. The standard InChI is InChI=1S/C9H12N2OS/c10-6-9(11-3-1-4-12)8-2-5-13-7-8/h2,5,7,9,11-12H,1,3-4H2.